The molecule has 0 saturated heterocycles. The molecule has 2 aromatic heterocycles. The van der Waals surface area contributed by atoms with Crippen LogP contribution in [0.25, 0.3) is 16.8 Å². The van der Waals surface area contributed by atoms with Gasteiger partial charge in [0.2, 0.25) is 0 Å². The molecule has 0 radical (unpaired) electrons. The smallest absolute Gasteiger partial charge is 0.333 e. The largest absolute Gasteiger partial charge is 0.430 e. The number of benzene rings is 1. The fourth-order valence-corrected chi connectivity index (χ4v) is 2.58. The normalized spacial score (nSPS) is 11.9. The molecular weight excluding hydrogens is 304 g/mol. The van der Waals surface area contributed by atoms with Crippen molar-refractivity contribution in [2.75, 3.05) is 0 Å². The third kappa shape index (κ3) is 2.99. The Morgan fingerprint density at radius 1 is 1.17 bits per heavy atom. The first-order valence-electron chi connectivity index (χ1n) is 7.65. The van der Waals surface area contributed by atoms with Gasteiger partial charge in [0.25, 0.3) is 0 Å². The summed E-state index contributed by atoms with van der Waals surface area (Å²) in [5.74, 6) is 0.0139. The Balaban J connectivity index is 2.28. The lowest BCUT2D eigenvalue weighted by Gasteiger charge is -2.10. The van der Waals surface area contributed by atoms with Crippen molar-refractivity contribution in [3.05, 3.63) is 60.3 Å². The molecule has 3 rings (SSSR count). The molecule has 0 aliphatic carbocycles. The molecule has 24 heavy (non-hydrogen) atoms. The topological polar surface area (TPSA) is 82.0 Å². The predicted molar refractivity (Wildman–Crippen MR) is 92.7 cm³/mol. The average Bonchev–Trinajstić information content (AvgIpc) is 2.95. The summed E-state index contributed by atoms with van der Waals surface area (Å²) in [6.45, 7) is 3.95. The molecule has 2 heterocycles. The highest BCUT2D eigenvalue weighted by atomic mass is 16.7. The van der Waals surface area contributed by atoms with Crippen LogP contribution < -0.4 is 5.73 Å². The minimum absolute atomic E-state index is 0.0139. The van der Waals surface area contributed by atoms with Gasteiger partial charge in [0.05, 0.1) is 16.8 Å². The lowest BCUT2D eigenvalue weighted by molar-refractivity contribution is 0.161. The van der Waals surface area contributed by atoms with Crippen LogP contribution >= 0.6 is 0 Å². The number of carbonyl (C=O) groups excluding carboxylic acids is 1. The zero-order valence-electron chi connectivity index (χ0n) is 13.5. The molecule has 122 valence electrons. The van der Waals surface area contributed by atoms with E-state index in [1.807, 2.05) is 68.6 Å². The van der Waals surface area contributed by atoms with Gasteiger partial charge in [0, 0.05) is 11.8 Å². The van der Waals surface area contributed by atoms with Crippen LogP contribution in [0.3, 0.4) is 0 Å². The minimum atomic E-state index is -0.939. The lowest BCUT2D eigenvalue weighted by Crippen LogP contribution is -2.15. The Morgan fingerprint density at radius 2 is 1.88 bits per heavy atom. The number of hydrogen-bond donors (Lipinski definition) is 1. The van der Waals surface area contributed by atoms with Crippen LogP contribution in [0.4, 0.5) is 4.79 Å². The molecule has 0 unspecified atom stereocenters. The van der Waals surface area contributed by atoms with Gasteiger partial charge >= 0.3 is 6.09 Å². The molecular formula is C18H18N4O2. The Kier molecular flexibility index (Phi) is 4.29. The van der Waals surface area contributed by atoms with Gasteiger partial charge in [-0.05, 0) is 18.1 Å². The Hall–Kier alpha value is -3.15. The maximum Gasteiger partial charge on any atom is 0.430 e. The van der Waals surface area contributed by atoms with Crippen molar-refractivity contribution in [2.45, 2.75) is 13.8 Å². The van der Waals surface area contributed by atoms with Crippen LogP contribution in [0.1, 0.15) is 19.4 Å². The van der Waals surface area contributed by atoms with Gasteiger partial charge in [-0.25, -0.2) is 9.31 Å². The lowest BCUT2D eigenvalue weighted by atomic mass is 9.96. The first kappa shape index (κ1) is 15.7. The molecule has 0 atom stereocenters. The van der Waals surface area contributed by atoms with Crippen LogP contribution in [0.5, 0.6) is 0 Å². The Labute approximate surface area is 139 Å². The van der Waals surface area contributed by atoms with E-state index in [1.54, 1.807) is 4.52 Å². The summed E-state index contributed by atoms with van der Waals surface area (Å²) in [6, 6.07) is 15.6. The number of fused-ring (bicyclic) bond motifs is 1. The highest BCUT2D eigenvalue weighted by Crippen LogP contribution is 2.29. The van der Waals surface area contributed by atoms with Crippen LogP contribution in [0.2, 0.25) is 0 Å². The molecule has 0 bridgehead atoms. The second-order valence-corrected chi connectivity index (χ2v) is 5.66. The van der Waals surface area contributed by atoms with Crippen molar-refractivity contribution in [1.82, 2.24) is 9.61 Å². The SMILES string of the molecule is CC(C)C(=NOC(N)=O)c1c(-c2ccccc2)nn2ccccc12. The van der Waals surface area contributed by atoms with Crippen LogP contribution in [0, 0.1) is 5.92 Å². The average molecular weight is 322 g/mol. The zero-order chi connectivity index (χ0) is 17.1. The van der Waals surface area contributed by atoms with Crippen LogP contribution in [0.15, 0.2) is 59.9 Å². The summed E-state index contributed by atoms with van der Waals surface area (Å²) in [7, 11) is 0. The van der Waals surface area contributed by atoms with Crippen LogP contribution in [-0.2, 0) is 4.84 Å². The molecule has 6 heteroatoms. The maximum atomic E-state index is 11.0. The number of amides is 1. The number of aromatic nitrogens is 2. The predicted octanol–water partition coefficient (Wildman–Crippen LogP) is 3.46. The monoisotopic (exact) mass is 322 g/mol. The number of pyridine rings is 1. The van der Waals surface area contributed by atoms with E-state index in [0.29, 0.717) is 5.71 Å². The summed E-state index contributed by atoms with van der Waals surface area (Å²) in [4.78, 5) is 15.7. The Morgan fingerprint density at radius 3 is 2.54 bits per heavy atom. The summed E-state index contributed by atoms with van der Waals surface area (Å²) >= 11 is 0. The van der Waals surface area contributed by atoms with Crippen molar-refractivity contribution in [3.63, 3.8) is 0 Å². The number of nitrogens with two attached hydrogens (primary N) is 1. The van der Waals surface area contributed by atoms with Crippen molar-refractivity contribution in [3.8, 4) is 11.3 Å². The van der Waals surface area contributed by atoms with E-state index in [2.05, 4.69) is 10.3 Å². The fraction of sp³-hybridized carbons (Fsp3) is 0.167. The van der Waals surface area contributed by atoms with Gasteiger partial charge in [-0.3, -0.25) is 4.84 Å². The second kappa shape index (κ2) is 6.54. The molecule has 6 nitrogen and oxygen atoms in total. The highest BCUT2D eigenvalue weighted by molar-refractivity contribution is 6.11. The third-order valence-electron chi connectivity index (χ3n) is 3.62. The summed E-state index contributed by atoms with van der Waals surface area (Å²) in [5, 5.41) is 8.67. The fourth-order valence-electron chi connectivity index (χ4n) is 2.58. The minimum Gasteiger partial charge on any atom is -0.333 e. The molecule has 0 fully saturated rings. The Bertz CT molecular complexity index is 898. The zero-order valence-corrected chi connectivity index (χ0v) is 13.5. The van der Waals surface area contributed by atoms with Gasteiger partial charge in [0.15, 0.2) is 0 Å². The van der Waals surface area contributed by atoms with E-state index < -0.39 is 6.09 Å². The molecule has 1 aromatic carbocycles. The van der Waals surface area contributed by atoms with E-state index in [-0.39, 0.29) is 5.92 Å². The van der Waals surface area contributed by atoms with Crippen molar-refractivity contribution < 1.29 is 9.63 Å². The summed E-state index contributed by atoms with van der Waals surface area (Å²) in [5.41, 5.74) is 9.15. The number of rotatable bonds is 4. The number of primary amides is 1. The van der Waals surface area contributed by atoms with Gasteiger partial charge in [-0.15, -0.1) is 0 Å². The number of carbonyl (C=O) groups is 1. The molecule has 1 amide bonds. The summed E-state index contributed by atoms with van der Waals surface area (Å²) < 4.78 is 1.79. The van der Waals surface area contributed by atoms with E-state index >= 15 is 0 Å². The molecule has 0 aliphatic rings. The third-order valence-corrected chi connectivity index (χ3v) is 3.62. The van der Waals surface area contributed by atoms with Crippen molar-refractivity contribution in [2.24, 2.45) is 16.8 Å². The molecule has 0 spiro atoms. The first-order valence-corrected chi connectivity index (χ1v) is 7.65. The van der Waals surface area contributed by atoms with Gasteiger partial charge in [0.1, 0.15) is 5.69 Å². The summed E-state index contributed by atoms with van der Waals surface area (Å²) in [6.07, 6.45) is 0.934. The maximum absolute atomic E-state index is 11.0. The van der Waals surface area contributed by atoms with E-state index in [0.717, 1.165) is 22.3 Å². The molecule has 0 saturated carbocycles. The van der Waals surface area contributed by atoms with E-state index in [9.17, 15) is 4.79 Å². The van der Waals surface area contributed by atoms with Crippen LogP contribution in [-0.4, -0.2) is 21.4 Å². The van der Waals surface area contributed by atoms with Gasteiger partial charge < -0.3 is 5.73 Å². The highest BCUT2D eigenvalue weighted by Gasteiger charge is 2.22. The van der Waals surface area contributed by atoms with Crippen molar-refractivity contribution in [1.29, 1.82) is 0 Å². The quantitative estimate of drug-likeness (QED) is 0.454. The van der Waals surface area contributed by atoms with Gasteiger partial charge in [-0.2, -0.15) is 5.10 Å². The molecule has 2 N–H and O–H groups in total. The van der Waals surface area contributed by atoms with Gasteiger partial charge in [-0.1, -0.05) is 55.4 Å². The number of hydrogen-bond acceptors (Lipinski definition) is 4. The molecule has 3 aromatic rings. The molecule has 0 aliphatic heterocycles. The standard InChI is InChI=1S/C18H18N4O2/c1-12(2)16(21-24-18(19)23)15-14-10-6-7-11-22(14)20-17(15)13-8-4-3-5-9-13/h3-12H,1-2H3,(H2,19,23). The van der Waals surface area contributed by atoms with Crippen molar-refractivity contribution >= 4 is 17.3 Å². The number of oxime groups is 1. The first-order chi connectivity index (χ1) is 11.6. The van der Waals surface area contributed by atoms with E-state index in [1.165, 1.54) is 0 Å². The van der Waals surface area contributed by atoms with E-state index in [4.69, 9.17) is 10.6 Å². The second-order valence-electron chi connectivity index (χ2n) is 5.66. The number of nitrogens with zero attached hydrogens (tertiary/aromatic N) is 3.